The Labute approximate surface area is 232 Å². The highest BCUT2D eigenvalue weighted by Gasteiger charge is 2.45. The van der Waals surface area contributed by atoms with Gasteiger partial charge in [-0.1, -0.05) is 13.8 Å². The van der Waals surface area contributed by atoms with Crippen LogP contribution in [0.4, 0.5) is 13.2 Å². The Hall–Kier alpha value is -0.480. The molecule has 2 amide bonds. The summed E-state index contributed by atoms with van der Waals surface area (Å²) in [6, 6.07) is -2.14. The fourth-order valence-electron chi connectivity index (χ4n) is 2.88. The van der Waals surface area contributed by atoms with Crippen molar-refractivity contribution in [2.75, 3.05) is 37.5 Å². The lowest BCUT2D eigenvalue weighted by atomic mass is 10.0. The largest absolute Gasteiger partial charge is 1.00 e. The van der Waals surface area contributed by atoms with Crippen molar-refractivity contribution in [3.8, 4) is 0 Å². The second-order valence-electron chi connectivity index (χ2n) is 8.35. The molecule has 0 saturated carbocycles. The zero-order chi connectivity index (χ0) is 25.8. The third kappa shape index (κ3) is 18.7. The van der Waals surface area contributed by atoms with Gasteiger partial charge in [0.15, 0.2) is 0 Å². The lowest BCUT2D eigenvalue weighted by Gasteiger charge is -2.25. The van der Waals surface area contributed by atoms with Gasteiger partial charge in [0.25, 0.3) is 0 Å². The maximum absolute atomic E-state index is 12.9. The Morgan fingerprint density at radius 2 is 1.67 bits per heavy atom. The minimum atomic E-state index is -5.18. The number of rotatable bonds is 16. The van der Waals surface area contributed by atoms with Crippen molar-refractivity contribution in [3.63, 3.8) is 0 Å². The van der Waals surface area contributed by atoms with Crippen LogP contribution in [0.5, 0.6) is 0 Å². The molecule has 0 aliphatic heterocycles. The predicted molar refractivity (Wildman–Crippen MR) is 137 cm³/mol. The first-order chi connectivity index (χ1) is 15.2. The number of carboxylic acid groups (broad SMARTS) is 1. The van der Waals surface area contributed by atoms with Gasteiger partial charge in [-0.05, 0) is 36.1 Å². The average Bonchev–Trinajstić information content (AvgIpc) is 2.69. The minimum absolute atomic E-state index is 0. The first kappa shape index (κ1) is 42.6. The number of carboxylic acids is 1. The molecule has 0 aromatic rings. The van der Waals surface area contributed by atoms with Gasteiger partial charge in [0.05, 0.1) is 18.9 Å². The molecule has 0 rings (SSSR count). The smallest absolute Gasteiger partial charge is 0.471 e. The number of nitrogens with two attached hydrogens (primary N) is 2. The van der Waals surface area contributed by atoms with Gasteiger partial charge in [-0.3, -0.25) is 19.3 Å². The molecule has 0 fully saturated rings. The maximum atomic E-state index is 12.9. The third-order valence-corrected chi connectivity index (χ3v) is 6.48. The summed E-state index contributed by atoms with van der Waals surface area (Å²) in [5.41, 5.74) is 11.1. The van der Waals surface area contributed by atoms with E-state index in [4.69, 9.17) is 21.3 Å². The van der Waals surface area contributed by atoms with E-state index in [0.717, 1.165) is 0 Å². The molecule has 0 radical (unpaired) electrons. The highest BCUT2D eigenvalue weighted by atomic mass is 35.5. The molecule has 9 nitrogen and oxygen atoms in total. The number of aliphatic carboxylic acids is 1. The van der Waals surface area contributed by atoms with Gasteiger partial charge < -0.3 is 38.8 Å². The third-order valence-electron chi connectivity index (χ3n) is 4.60. The van der Waals surface area contributed by atoms with E-state index in [-0.39, 0.29) is 92.5 Å². The first-order valence-corrected chi connectivity index (χ1v) is 12.6. The van der Waals surface area contributed by atoms with Crippen LogP contribution in [0.1, 0.15) is 39.5 Å². The van der Waals surface area contributed by atoms with Crippen LogP contribution in [0.3, 0.4) is 0 Å². The number of unbranched alkanes of at least 4 members (excludes halogenated alkanes) is 1. The number of imide groups is 1. The molecule has 218 valence electrons. The molecule has 6 N–H and O–H groups in total. The molecule has 0 aromatic carbocycles. The van der Waals surface area contributed by atoms with Crippen LogP contribution in [0, 0.1) is 5.92 Å². The van der Waals surface area contributed by atoms with E-state index in [0.29, 0.717) is 17.9 Å². The molecule has 0 bridgehead atoms. The zero-order valence-corrected chi connectivity index (χ0v) is 24.0. The van der Waals surface area contributed by atoms with E-state index < -0.39 is 48.7 Å². The van der Waals surface area contributed by atoms with E-state index in [1.54, 1.807) is 13.8 Å². The summed E-state index contributed by atoms with van der Waals surface area (Å²) in [6.07, 6.45) is -3.27. The molecular formula is C20H40Cl2F3N3O6S2. The molecule has 0 saturated heterocycles. The van der Waals surface area contributed by atoms with Gasteiger partial charge >= 0.3 is 18.1 Å². The second kappa shape index (κ2) is 21.5. The van der Waals surface area contributed by atoms with Crippen molar-refractivity contribution < 1.29 is 54.9 Å². The number of carbonyl (C=O) groups excluding carboxylic acids is 2. The Kier molecular flexibility index (Phi) is 25.4. The average molecular weight is 611 g/mol. The summed E-state index contributed by atoms with van der Waals surface area (Å²) in [5, 5.41) is 18.8. The predicted octanol–water partition coefficient (Wildman–Crippen LogP) is -1.98. The molecule has 0 spiro atoms. The quantitative estimate of drug-likeness (QED) is 0.116. The summed E-state index contributed by atoms with van der Waals surface area (Å²) in [4.78, 5) is 34.8. The van der Waals surface area contributed by atoms with Gasteiger partial charge in [0.1, 0.15) is 23.7 Å². The van der Waals surface area contributed by atoms with Crippen molar-refractivity contribution >= 4 is 54.6 Å². The van der Waals surface area contributed by atoms with Gasteiger partial charge in [0, 0.05) is 19.6 Å². The molecular weight excluding hydrogens is 570 g/mol. The van der Waals surface area contributed by atoms with Crippen LogP contribution >= 0.6 is 25.9 Å². The standard InChI is InChI=1S/C20H36F3N3O6S.2ClH.H2S/c1-13(2)10-16(25)17(28)26(19(31)20(21,22)23)7-4-5-8-32-11-14(27)12-33(3)9-6-15(24)18(29)30;;;/h13-16,27H,4-12,24-25H2,1-3H3;2*1H;1H2/t14?,15-,16-,33?;;;/m0.../s1. The number of hydrogen-bond acceptors (Lipinski definition) is 7. The topological polar surface area (TPSA) is 156 Å². The van der Waals surface area contributed by atoms with Crippen molar-refractivity contribution in [2.24, 2.45) is 17.4 Å². The van der Waals surface area contributed by atoms with Gasteiger partial charge in [-0.2, -0.15) is 26.7 Å². The Morgan fingerprint density at radius 1 is 1.11 bits per heavy atom. The van der Waals surface area contributed by atoms with Gasteiger partial charge in [0.2, 0.25) is 5.91 Å². The van der Waals surface area contributed by atoms with Crippen LogP contribution in [0.2, 0.25) is 0 Å². The first-order valence-electron chi connectivity index (χ1n) is 10.7. The lowest BCUT2D eigenvalue weighted by Crippen LogP contribution is -3.00. The van der Waals surface area contributed by atoms with Crippen LogP contribution in [-0.4, -0.2) is 94.8 Å². The zero-order valence-electron chi connectivity index (χ0n) is 20.6. The second-order valence-corrected chi connectivity index (χ2v) is 10.7. The fraction of sp³-hybridized carbons (Fsp3) is 0.850. The Bertz CT molecular complexity index is 640. The number of nitrogens with zero attached hydrogens (tertiary/aromatic N) is 1. The molecule has 36 heavy (non-hydrogen) atoms. The number of hydrogen-bond donors (Lipinski definition) is 4. The number of aliphatic hydroxyl groups is 1. The minimum Gasteiger partial charge on any atom is -1.00 e. The van der Waals surface area contributed by atoms with Crippen LogP contribution in [0.15, 0.2) is 0 Å². The Balaban J connectivity index is -0.00000171. The highest BCUT2D eigenvalue weighted by molar-refractivity contribution is 7.96. The number of carbonyl (C=O) groups is 3. The van der Waals surface area contributed by atoms with Gasteiger partial charge in [-0.15, -0.1) is 12.4 Å². The van der Waals surface area contributed by atoms with Crippen molar-refractivity contribution in [1.82, 2.24) is 4.90 Å². The van der Waals surface area contributed by atoms with E-state index >= 15 is 0 Å². The van der Waals surface area contributed by atoms with Crippen molar-refractivity contribution in [1.29, 1.82) is 0 Å². The number of aliphatic hydroxyl groups excluding tert-OH is 1. The van der Waals surface area contributed by atoms with Gasteiger partial charge in [-0.25, -0.2) is 0 Å². The maximum Gasteiger partial charge on any atom is 0.471 e. The van der Waals surface area contributed by atoms with Crippen LogP contribution in [0.25, 0.3) is 0 Å². The monoisotopic (exact) mass is 609 g/mol. The van der Waals surface area contributed by atoms with E-state index in [9.17, 15) is 32.7 Å². The molecule has 0 aromatic heterocycles. The summed E-state index contributed by atoms with van der Waals surface area (Å²) in [7, 11) is -0.254. The molecule has 4 atom stereocenters. The molecule has 0 aliphatic carbocycles. The number of alkyl halides is 3. The molecule has 0 aliphatic rings. The van der Waals surface area contributed by atoms with E-state index in [1.165, 1.54) is 0 Å². The summed E-state index contributed by atoms with van der Waals surface area (Å²) < 4.78 is 44.0. The summed E-state index contributed by atoms with van der Waals surface area (Å²) in [6.45, 7) is 3.23. The molecule has 0 heterocycles. The molecule has 2 unspecified atom stereocenters. The normalized spacial score (nSPS) is 14.4. The van der Waals surface area contributed by atoms with E-state index in [1.807, 2.05) is 6.26 Å². The number of ether oxygens (including phenoxy) is 1. The number of halogens is 5. The van der Waals surface area contributed by atoms with Crippen molar-refractivity contribution in [2.45, 2.75) is 63.9 Å². The molecule has 16 heteroatoms. The summed E-state index contributed by atoms with van der Waals surface area (Å²) in [5.74, 6) is -3.43. The highest BCUT2D eigenvalue weighted by Crippen LogP contribution is 2.20. The number of amides is 2. The summed E-state index contributed by atoms with van der Waals surface area (Å²) >= 11 is 0. The lowest BCUT2D eigenvalue weighted by molar-refractivity contribution is -0.188. The SMILES string of the molecule is CC(C)C[C@H](N)C(=O)N(CCCCOCC(O)C[S+](C)CC[C@H](N)C(=O)O)C(=O)C(F)(F)F.Cl.S.[Cl-]. The Morgan fingerprint density at radius 3 is 2.14 bits per heavy atom. The van der Waals surface area contributed by atoms with Crippen LogP contribution < -0.4 is 23.9 Å². The van der Waals surface area contributed by atoms with Crippen LogP contribution in [-0.2, 0) is 30.0 Å². The van der Waals surface area contributed by atoms with Crippen molar-refractivity contribution in [3.05, 3.63) is 0 Å². The fourth-order valence-corrected chi connectivity index (χ4v) is 4.45. The van der Waals surface area contributed by atoms with E-state index in [2.05, 4.69) is 0 Å².